The molecule has 20 heavy (non-hydrogen) atoms. The van der Waals surface area contributed by atoms with Crippen LogP contribution >= 0.6 is 11.6 Å². The molecule has 4 aliphatic rings. The molecule has 1 aromatic carbocycles. The number of anilines is 1. The topological polar surface area (TPSA) is 43.1 Å². The van der Waals surface area contributed by atoms with E-state index in [-0.39, 0.29) is 5.92 Å². The molecule has 3 heteroatoms. The zero-order valence-corrected chi connectivity index (χ0v) is 12.3. The third-order valence-corrected chi connectivity index (χ3v) is 6.14. The first-order valence-electron chi connectivity index (χ1n) is 7.71. The van der Waals surface area contributed by atoms with Crippen LogP contribution in [0.25, 0.3) is 0 Å². The van der Waals surface area contributed by atoms with Crippen molar-refractivity contribution in [2.45, 2.75) is 32.1 Å². The Balaban J connectivity index is 1.63. The van der Waals surface area contributed by atoms with Crippen LogP contribution in [0.15, 0.2) is 18.2 Å². The average molecular weight is 290 g/mol. The van der Waals surface area contributed by atoms with Crippen LogP contribution in [0.1, 0.15) is 42.5 Å². The van der Waals surface area contributed by atoms with E-state index in [0.717, 1.165) is 17.4 Å². The monoisotopic (exact) mass is 289 g/mol. The number of carbonyl (C=O) groups excluding carboxylic acids is 1. The minimum Gasteiger partial charge on any atom is -0.398 e. The molecule has 4 aliphatic carbocycles. The smallest absolute Gasteiger partial charge is 0.166 e. The second kappa shape index (κ2) is 4.49. The molecule has 0 radical (unpaired) electrons. The zero-order chi connectivity index (χ0) is 13.9. The molecule has 0 saturated heterocycles. The van der Waals surface area contributed by atoms with Crippen LogP contribution in [0.5, 0.6) is 0 Å². The second-order valence-electron chi connectivity index (χ2n) is 7.06. The minimum atomic E-state index is 0.238. The minimum absolute atomic E-state index is 0.238. The predicted molar refractivity (Wildman–Crippen MR) is 80.7 cm³/mol. The molecule has 0 heterocycles. The summed E-state index contributed by atoms with van der Waals surface area (Å²) in [5, 5.41) is 0.500. The molecule has 0 unspecified atom stereocenters. The van der Waals surface area contributed by atoms with Gasteiger partial charge in [0, 0.05) is 11.5 Å². The van der Waals surface area contributed by atoms with Crippen LogP contribution in [0.3, 0.4) is 0 Å². The van der Waals surface area contributed by atoms with Crippen molar-refractivity contribution in [2.24, 2.45) is 29.6 Å². The van der Waals surface area contributed by atoms with Crippen LogP contribution in [-0.4, -0.2) is 5.78 Å². The van der Waals surface area contributed by atoms with Gasteiger partial charge in [-0.25, -0.2) is 0 Å². The maximum Gasteiger partial charge on any atom is 0.166 e. The molecule has 0 spiro atoms. The lowest BCUT2D eigenvalue weighted by Crippen LogP contribution is -2.48. The van der Waals surface area contributed by atoms with Gasteiger partial charge in [-0.15, -0.1) is 0 Å². The lowest BCUT2D eigenvalue weighted by molar-refractivity contribution is -0.0251. The first-order valence-corrected chi connectivity index (χ1v) is 8.09. The molecule has 4 saturated carbocycles. The van der Waals surface area contributed by atoms with E-state index < -0.39 is 0 Å². The maximum absolute atomic E-state index is 12.9. The van der Waals surface area contributed by atoms with Gasteiger partial charge in [-0.05, 0) is 74.0 Å². The van der Waals surface area contributed by atoms with Crippen molar-refractivity contribution in [1.82, 2.24) is 0 Å². The van der Waals surface area contributed by atoms with Crippen molar-refractivity contribution in [3.05, 3.63) is 28.8 Å². The number of carbonyl (C=O) groups is 1. The van der Waals surface area contributed by atoms with Gasteiger partial charge >= 0.3 is 0 Å². The molecular weight excluding hydrogens is 270 g/mol. The molecule has 0 atom stereocenters. The van der Waals surface area contributed by atoms with Gasteiger partial charge in [0.1, 0.15) is 0 Å². The highest BCUT2D eigenvalue weighted by molar-refractivity contribution is 6.33. The van der Waals surface area contributed by atoms with Gasteiger partial charge in [0.05, 0.1) is 10.7 Å². The average Bonchev–Trinajstić information content (AvgIpc) is 2.40. The fourth-order valence-electron chi connectivity index (χ4n) is 5.23. The first kappa shape index (κ1) is 12.7. The van der Waals surface area contributed by atoms with E-state index >= 15 is 0 Å². The highest BCUT2D eigenvalue weighted by Crippen LogP contribution is 2.57. The van der Waals surface area contributed by atoms with Crippen LogP contribution in [0, 0.1) is 29.6 Å². The summed E-state index contributed by atoms with van der Waals surface area (Å²) in [6.45, 7) is 0. The van der Waals surface area contributed by atoms with Crippen molar-refractivity contribution in [1.29, 1.82) is 0 Å². The number of Topliss-reactive ketones (excluding diaryl/α,β-unsaturated/α-hetero) is 1. The van der Waals surface area contributed by atoms with Gasteiger partial charge in [0.25, 0.3) is 0 Å². The van der Waals surface area contributed by atoms with Gasteiger partial charge in [0.15, 0.2) is 5.78 Å². The highest BCUT2D eigenvalue weighted by atomic mass is 35.5. The molecule has 0 aromatic heterocycles. The third-order valence-electron chi connectivity index (χ3n) is 5.81. The number of hydrogen-bond donors (Lipinski definition) is 1. The third kappa shape index (κ3) is 1.88. The molecule has 4 bridgehead atoms. The summed E-state index contributed by atoms with van der Waals surface area (Å²) in [6, 6.07) is 5.35. The standard InChI is InChI=1S/C17H20ClNO/c18-14-8-11(1-2-15(14)19)17(20)16-12-4-9-3-10(6-12)7-13(16)5-9/h1-2,8-10,12-13,16H,3-7,19H2. The quantitative estimate of drug-likeness (QED) is 0.656. The lowest BCUT2D eigenvalue weighted by atomic mass is 9.51. The summed E-state index contributed by atoms with van der Waals surface area (Å²) in [4.78, 5) is 12.9. The number of halogens is 1. The van der Waals surface area contributed by atoms with Gasteiger partial charge < -0.3 is 5.73 Å². The Morgan fingerprint density at radius 3 is 2.20 bits per heavy atom. The molecule has 4 fully saturated rings. The van der Waals surface area contributed by atoms with Gasteiger partial charge in [-0.3, -0.25) is 4.79 Å². The van der Waals surface area contributed by atoms with Gasteiger partial charge in [-0.1, -0.05) is 11.6 Å². The SMILES string of the molecule is Nc1ccc(C(=O)C2C3CC4CC(C3)CC2C4)cc1Cl. The number of rotatable bonds is 2. The Kier molecular flexibility index (Phi) is 2.85. The fourth-order valence-corrected chi connectivity index (χ4v) is 5.41. The van der Waals surface area contributed by atoms with E-state index in [4.69, 9.17) is 17.3 Å². The van der Waals surface area contributed by atoms with Crippen LogP contribution < -0.4 is 5.73 Å². The molecule has 1 aromatic rings. The van der Waals surface area contributed by atoms with Crippen molar-refractivity contribution >= 4 is 23.1 Å². The molecule has 5 rings (SSSR count). The van der Waals surface area contributed by atoms with E-state index in [9.17, 15) is 4.79 Å². The zero-order valence-electron chi connectivity index (χ0n) is 11.5. The second-order valence-corrected chi connectivity index (χ2v) is 7.46. The van der Waals surface area contributed by atoms with Crippen molar-refractivity contribution in [3.8, 4) is 0 Å². The molecular formula is C17H20ClNO. The summed E-state index contributed by atoms with van der Waals surface area (Å²) >= 11 is 6.07. The summed E-state index contributed by atoms with van der Waals surface area (Å²) in [5.74, 6) is 3.58. The summed E-state index contributed by atoms with van der Waals surface area (Å²) in [6.07, 6.45) is 6.50. The van der Waals surface area contributed by atoms with Crippen LogP contribution in [-0.2, 0) is 0 Å². The Hall–Kier alpha value is -1.02. The van der Waals surface area contributed by atoms with Crippen molar-refractivity contribution in [3.63, 3.8) is 0 Å². The molecule has 0 aliphatic heterocycles. The number of ketones is 1. The lowest BCUT2D eigenvalue weighted by Gasteiger charge is -2.53. The van der Waals surface area contributed by atoms with E-state index in [0.29, 0.717) is 28.3 Å². The molecule has 2 N–H and O–H groups in total. The Morgan fingerprint density at radius 2 is 1.65 bits per heavy atom. The first-order chi connectivity index (χ1) is 9.61. The number of benzene rings is 1. The van der Waals surface area contributed by atoms with Gasteiger partial charge in [0.2, 0.25) is 0 Å². The van der Waals surface area contributed by atoms with E-state index in [1.165, 1.54) is 32.1 Å². The molecule has 0 amide bonds. The van der Waals surface area contributed by atoms with E-state index in [1.807, 2.05) is 6.07 Å². The fraction of sp³-hybridized carbons (Fsp3) is 0.588. The van der Waals surface area contributed by atoms with Crippen LogP contribution in [0.4, 0.5) is 5.69 Å². The van der Waals surface area contributed by atoms with Crippen molar-refractivity contribution < 1.29 is 4.79 Å². The largest absolute Gasteiger partial charge is 0.398 e. The Bertz CT molecular complexity index is 540. The number of nitrogen functional groups attached to an aromatic ring is 1. The van der Waals surface area contributed by atoms with Crippen LogP contribution in [0.2, 0.25) is 5.02 Å². The maximum atomic E-state index is 12.9. The van der Waals surface area contributed by atoms with Crippen molar-refractivity contribution in [2.75, 3.05) is 5.73 Å². The summed E-state index contributed by atoms with van der Waals surface area (Å²) in [5.41, 5.74) is 7.04. The summed E-state index contributed by atoms with van der Waals surface area (Å²) < 4.78 is 0. The van der Waals surface area contributed by atoms with E-state index in [2.05, 4.69) is 0 Å². The normalized spacial score (nSPS) is 38.1. The number of hydrogen-bond acceptors (Lipinski definition) is 2. The summed E-state index contributed by atoms with van der Waals surface area (Å²) in [7, 11) is 0. The van der Waals surface area contributed by atoms with E-state index in [1.54, 1.807) is 12.1 Å². The van der Waals surface area contributed by atoms with Gasteiger partial charge in [-0.2, -0.15) is 0 Å². The Morgan fingerprint density at radius 1 is 1.05 bits per heavy atom. The highest BCUT2D eigenvalue weighted by Gasteiger charge is 2.50. The molecule has 2 nitrogen and oxygen atoms in total. The number of nitrogens with two attached hydrogens (primary N) is 1. The predicted octanol–water partition coefficient (Wildman–Crippen LogP) is 4.18. The molecule has 106 valence electrons. The Labute approximate surface area is 124 Å².